The number of halogens is 4. The Morgan fingerprint density at radius 3 is 2.58 bits per heavy atom. The molecule has 0 aliphatic rings. The predicted molar refractivity (Wildman–Crippen MR) is 109 cm³/mol. The molecule has 6 nitrogen and oxygen atoms in total. The van der Waals surface area contributed by atoms with Crippen molar-refractivity contribution in [2.24, 2.45) is 0 Å². The van der Waals surface area contributed by atoms with Crippen molar-refractivity contribution in [3.05, 3.63) is 70.4 Å². The normalized spacial score (nSPS) is 11.3. The first-order valence-electron chi connectivity index (χ1n) is 9.02. The molecule has 10 heteroatoms. The number of benzene rings is 2. The summed E-state index contributed by atoms with van der Waals surface area (Å²) >= 11 is 6.09. The lowest BCUT2D eigenvalue weighted by molar-refractivity contribution is -0.137. The van der Waals surface area contributed by atoms with Gasteiger partial charge in [-0.05, 0) is 44.2 Å². The van der Waals surface area contributed by atoms with Crippen molar-refractivity contribution in [3.63, 3.8) is 0 Å². The molecule has 0 atom stereocenters. The Bertz CT molecular complexity index is 1140. The molecule has 1 N–H and O–H groups in total. The highest BCUT2D eigenvalue weighted by molar-refractivity contribution is 6.32. The van der Waals surface area contributed by atoms with E-state index in [4.69, 9.17) is 16.3 Å². The van der Waals surface area contributed by atoms with Gasteiger partial charge in [0, 0.05) is 11.6 Å². The summed E-state index contributed by atoms with van der Waals surface area (Å²) in [7, 11) is 0. The number of carbonyl (C=O) groups excluding carboxylic acids is 2. The van der Waals surface area contributed by atoms with Gasteiger partial charge in [-0.15, -0.1) is 0 Å². The van der Waals surface area contributed by atoms with E-state index in [1.807, 2.05) is 0 Å². The topological polar surface area (TPSA) is 73.2 Å². The molecule has 0 aliphatic carbocycles. The van der Waals surface area contributed by atoms with E-state index in [-0.39, 0.29) is 28.9 Å². The summed E-state index contributed by atoms with van der Waals surface area (Å²) in [5, 5.41) is 6.72. The van der Waals surface area contributed by atoms with Crippen LogP contribution in [0.1, 0.15) is 28.5 Å². The van der Waals surface area contributed by atoms with Crippen molar-refractivity contribution in [1.29, 1.82) is 0 Å². The maximum absolute atomic E-state index is 13.1. The number of Topliss-reactive ketones (excluding diaryl/α,β-unsaturated/α-hetero) is 1. The summed E-state index contributed by atoms with van der Waals surface area (Å²) < 4.78 is 45.8. The van der Waals surface area contributed by atoms with E-state index < -0.39 is 17.6 Å². The molecule has 0 aliphatic heterocycles. The molecule has 0 bridgehead atoms. The third kappa shape index (κ3) is 5.43. The highest BCUT2D eigenvalue weighted by Crippen LogP contribution is 2.34. The Kier molecular flexibility index (Phi) is 6.35. The van der Waals surface area contributed by atoms with Gasteiger partial charge in [-0.25, -0.2) is 4.68 Å². The van der Waals surface area contributed by atoms with Crippen molar-refractivity contribution in [2.45, 2.75) is 20.0 Å². The molecule has 0 fully saturated rings. The van der Waals surface area contributed by atoms with Crippen LogP contribution in [-0.4, -0.2) is 28.1 Å². The molecule has 3 rings (SSSR count). The van der Waals surface area contributed by atoms with Gasteiger partial charge in [0.25, 0.3) is 5.91 Å². The quantitative estimate of drug-likeness (QED) is 0.531. The number of nitrogens with zero attached hydrogens (tertiary/aromatic N) is 2. The lowest BCUT2D eigenvalue weighted by Crippen LogP contribution is -2.22. The van der Waals surface area contributed by atoms with E-state index in [1.165, 1.54) is 19.1 Å². The summed E-state index contributed by atoms with van der Waals surface area (Å²) in [6.45, 7) is 2.65. The van der Waals surface area contributed by atoms with Crippen molar-refractivity contribution < 1.29 is 27.5 Å². The van der Waals surface area contributed by atoms with Gasteiger partial charge >= 0.3 is 6.18 Å². The average molecular weight is 452 g/mol. The van der Waals surface area contributed by atoms with Gasteiger partial charge in [0.05, 0.1) is 22.0 Å². The molecule has 3 aromatic rings. The van der Waals surface area contributed by atoms with Crippen LogP contribution in [0.15, 0.2) is 48.5 Å². The zero-order valence-electron chi connectivity index (χ0n) is 16.5. The Morgan fingerprint density at radius 2 is 1.90 bits per heavy atom. The summed E-state index contributed by atoms with van der Waals surface area (Å²) in [5.74, 6) is -0.261. The van der Waals surface area contributed by atoms with Crippen molar-refractivity contribution in [1.82, 2.24) is 9.78 Å². The standard InChI is InChI=1S/C21H17ClF3N3O3/c1-12-8-19(26-20(30)11-31-16-5-3-4-14(9-16)13(2)29)28(27-12)18-10-15(21(23,24)25)6-7-17(18)22/h3-10H,11H2,1-2H3,(H,26,30). The van der Waals surface area contributed by atoms with Crippen LogP contribution in [0.3, 0.4) is 0 Å². The van der Waals surface area contributed by atoms with E-state index >= 15 is 0 Å². The fourth-order valence-electron chi connectivity index (χ4n) is 2.76. The van der Waals surface area contributed by atoms with E-state index in [0.29, 0.717) is 17.0 Å². The number of hydrogen-bond donors (Lipinski definition) is 1. The number of aromatic nitrogens is 2. The second-order valence-corrected chi connectivity index (χ2v) is 7.07. The minimum Gasteiger partial charge on any atom is -0.484 e. The van der Waals surface area contributed by atoms with Crippen LogP contribution < -0.4 is 10.1 Å². The molecule has 0 saturated carbocycles. The summed E-state index contributed by atoms with van der Waals surface area (Å²) in [6, 6.07) is 10.7. The predicted octanol–water partition coefficient (Wildman–Crippen LogP) is 5.07. The number of amides is 1. The number of hydrogen-bond acceptors (Lipinski definition) is 4. The largest absolute Gasteiger partial charge is 0.484 e. The first-order valence-corrected chi connectivity index (χ1v) is 9.40. The maximum Gasteiger partial charge on any atom is 0.416 e. The Balaban J connectivity index is 1.79. The highest BCUT2D eigenvalue weighted by Gasteiger charge is 2.31. The van der Waals surface area contributed by atoms with Gasteiger partial charge in [-0.2, -0.15) is 18.3 Å². The van der Waals surface area contributed by atoms with Crippen molar-refractivity contribution in [2.75, 3.05) is 11.9 Å². The zero-order valence-corrected chi connectivity index (χ0v) is 17.2. The number of ketones is 1. The number of rotatable bonds is 6. The number of carbonyl (C=O) groups is 2. The lowest BCUT2D eigenvalue weighted by Gasteiger charge is -2.13. The fourth-order valence-corrected chi connectivity index (χ4v) is 2.95. The smallest absolute Gasteiger partial charge is 0.416 e. The second kappa shape index (κ2) is 8.81. The van der Waals surface area contributed by atoms with Crippen molar-refractivity contribution in [3.8, 4) is 11.4 Å². The van der Waals surface area contributed by atoms with Gasteiger partial charge < -0.3 is 10.1 Å². The lowest BCUT2D eigenvalue weighted by atomic mass is 10.1. The molecule has 0 spiro atoms. The Morgan fingerprint density at radius 1 is 1.16 bits per heavy atom. The third-order valence-corrected chi connectivity index (χ3v) is 4.53. The first-order chi connectivity index (χ1) is 14.5. The van der Waals surface area contributed by atoms with Gasteiger partial charge in [0.2, 0.25) is 0 Å². The molecule has 1 amide bonds. The molecule has 162 valence electrons. The van der Waals surface area contributed by atoms with Crippen LogP contribution in [0, 0.1) is 6.92 Å². The van der Waals surface area contributed by atoms with Gasteiger partial charge in [0.15, 0.2) is 12.4 Å². The molecule has 31 heavy (non-hydrogen) atoms. The third-order valence-electron chi connectivity index (χ3n) is 4.21. The van der Waals surface area contributed by atoms with Crippen LogP contribution in [0.2, 0.25) is 5.02 Å². The minimum absolute atomic E-state index is 0.0314. The number of ether oxygens (including phenoxy) is 1. The molecular weight excluding hydrogens is 435 g/mol. The highest BCUT2D eigenvalue weighted by atomic mass is 35.5. The Labute approximate surface area is 180 Å². The average Bonchev–Trinajstić information content (AvgIpc) is 3.05. The minimum atomic E-state index is -4.56. The molecule has 0 saturated heterocycles. The summed E-state index contributed by atoms with van der Waals surface area (Å²) in [5.41, 5.74) is -0.0364. The van der Waals surface area contributed by atoms with Crippen LogP contribution >= 0.6 is 11.6 Å². The van der Waals surface area contributed by atoms with Crippen LogP contribution in [0.5, 0.6) is 5.75 Å². The molecular formula is C21H17ClF3N3O3. The van der Waals surface area contributed by atoms with Gasteiger partial charge in [-0.3, -0.25) is 9.59 Å². The summed E-state index contributed by atoms with van der Waals surface area (Å²) in [4.78, 5) is 23.8. The first kappa shape index (κ1) is 22.4. The SMILES string of the molecule is CC(=O)c1cccc(OCC(=O)Nc2cc(C)nn2-c2cc(C(F)(F)F)ccc2Cl)c1. The van der Waals surface area contributed by atoms with E-state index in [0.717, 1.165) is 22.9 Å². The number of aryl methyl sites for hydroxylation is 1. The van der Waals surface area contributed by atoms with Gasteiger partial charge in [0.1, 0.15) is 11.6 Å². The summed E-state index contributed by atoms with van der Waals surface area (Å²) in [6.07, 6.45) is -4.56. The van der Waals surface area contributed by atoms with Gasteiger partial charge in [-0.1, -0.05) is 23.7 Å². The van der Waals surface area contributed by atoms with Crippen LogP contribution in [0.25, 0.3) is 5.69 Å². The molecule has 0 radical (unpaired) electrons. The number of alkyl halides is 3. The van der Waals surface area contributed by atoms with Crippen LogP contribution in [0.4, 0.5) is 19.0 Å². The number of nitrogens with one attached hydrogen (secondary N) is 1. The molecule has 2 aromatic carbocycles. The van der Waals surface area contributed by atoms with E-state index in [9.17, 15) is 22.8 Å². The molecule has 1 aromatic heterocycles. The molecule has 1 heterocycles. The van der Waals surface area contributed by atoms with E-state index in [2.05, 4.69) is 10.4 Å². The molecule has 0 unspecified atom stereocenters. The van der Waals surface area contributed by atoms with Crippen molar-refractivity contribution >= 4 is 29.1 Å². The fraction of sp³-hybridized carbons (Fsp3) is 0.190. The Hall–Kier alpha value is -3.33. The monoisotopic (exact) mass is 451 g/mol. The number of anilines is 1. The van der Waals surface area contributed by atoms with Crippen LogP contribution in [-0.2, 0) is 11.0 Å². The maximum atomic E-state index is 13.1. The second-order valence-electron chi connectivity index (χ2n) is 6.67. The van der Waals surface area contributed by atoms with E-state index in [1.54, 1.807) is 25.1 Å². The zero-order chi connectivity index (χ0) is 22.8.